The van der Waals surface area contributed by atoms with Gasteiger partial charge in [0.15, 0.2) is 5.78 Å². The molecule has 0 aromatic heterocycles. The van der Waals surface area contributed by atoms with Crippen LogP contribution in [0.15, 0.2) is 24.3 Å². The second kappa shape index (κ2) is 4.03. The number of nitrogens with one attached hydrogen (secondary N) is 1. The maximum atomic E-state index is 12.1. The summed E-state index contributed by atoms with van der Waals surface area (Å²) >= 11 is 0. The number of ketones is 1. The molecule has 1 atom stereocenters. The van der Waals surface area contributed by atoms with E-state index in [-0.39, 0.29) is 11.7 Å². The molecule has 1 aliphatic rings. The maximum Gasteiger partial charge on any atom is 0.178 e. The predicted molar refractivity (Wildman–Crippen MR) is 57.4 cm³/mol. The third-order valence-corrected chi connectivity index (χ3v) is 2.62. The highest BCUT2D eigenvalue weighted by Crippen LogP contribution is 2.26. The summed E-state index contributed by atoms with van der Waals surface area (Å²) in [5, 5.41) is 0. The van der Waals surface area contributed by atoms with Gasteiger partial charge in [-0.15, -0.1) is 0 Å². The Labute approximate surface area is 89.7 Å². The minimum absolute atomic E-state index is 0.00454. The Hall–Kier alpha value is -1.35. The number of fused-ring (bicyclic) bond motifs is 1. The van der Waals surface area contributed by atoms with Gasteiger partial charge in [0.1, 0.15) is 18.3 Å². The summed E-state index contributed by atoms with van der Waals surface area (Å²) in [7, 11) is 4.10. The van der Waals surface area contributed by atoms with Crippen LogP contribution in [-0.4, -0.2) is 33.0 Å². The van der Waals surface area contributed by atoms with Crippen LogP contribution < -0.4 is 9.64 Å². The fourth-order valence-electron chi connectivity index (χ4n) is 1.93. The first-order valence-corrected chi connectivity index (χ1v) is 5.23. The molecular formula is C12H16NO2+. The molecular weight excluding hydrogens is 190 g/mol. The highest BCUT2D eigenvalue weighted by atomic mass is 16.5. The average Bonchev–Trinajstić information content (AvgIpc) is 2.22. The minimum atomic E-state index is 0.00454. The number of hydrogen-bond acceptors (Lipinski definition) is 2. The summed E-state index contributed by atoms with van der Waals surface area (Å²) in [5.41, 5.74) is 0.731. The number of para-hydroxylation sites is 1. The molecule has 1 aromatic carbocycles. The minimum Gasteiger partial charge on any atom is -0.492 e. The number of carbonyl (C=O) groups is 1. The number of carbonyl (C=O) groups excluding carboxylic acids is 1. The topological polar surface area (TPSA) is 30.7 Å². The first-order valence-electron chi connectivity index (χ1n) is 5.23. The average molecular weight is 206 g/mol. The second-order valence-electron chi connectivity index (χ2n) is 4.28. The number of ether oxygens (including phenoxy) is 1. The van der Waals surface area contributed by atoms with E-state index in [1.165, 1.54) is 4.90 Å². The third-order valence-electron chi connectivity index (χ3n) is 2.62. The normalized spacial score (nSPS) is 19.9. The number of rotatable bonds is 2. The molecule has 0 fully saturated rings. The van der Waals surface area contributed by atoms with E-state index in [1.54, 1.807) is 0 Å². The van der Waals surface area contributed by atoms with Gasteiger partial charge in [0.25, 0.3) is 0 Å². The summed E-state index contributed by atoms with van der Waals surface area (Å²) in [5.74, 6) is 0.954. The van der Waals surface area contributed by atoms with Crippen LogP contribution in [0, 0.1) is 5.92 Å². The monoisotopic (exact) mass is 206 g/mol. The van der Waals surface area contributed by atoms with Crippen molar-refractivity contribution in [2.75, 3.05) is 27.2 Å². The second-order valence-corrected chi connectivity index (χ2v) is 4.28. The number of quaternary nitrogens is 1. The molecule has 1 N–H and O–H groups in total. The highest BCUT2D eigenvalue weighted by molar-refractivity contribution is 6.01. The largest absolute Gasteiger partial charge is 0.492 e. The van der Waals surface area contributed by atoms with Crippen LogP contribution in [0.1, 0.15) is 10.4 Å². The van der Waals surface area contributed by atoms with Gasteiger partial charge in [0, 0.05) is 0 Å². The molecule has 3 heteroatoms. The zero-order chi connectivity index (χ0) is 10.8. The summed E-state index contributed by atoms with van der Waals surface area (Å²) < 4.78 is 5.57. The van der Waals surface area contributed by atoms with Crippen LogP contribution in [0.2, 0.25) is 0 Å². The van der Waals surface area contributed by atoms with E-state index in [4.69, 9.17) is 4.74 Å². The smallest absolute Gasteiger partial charge is 0.178 e. The molecule has 2 rings (SSSR count). The lowest BCUT2D eigenvalue weighted by Crippen LogP contribution is -3.06. The van der Waals surface area contributed by atoms with Crippen molar-refractivity contribution in [1.29, 1.82) is 0 Å². The lowest BCUT2D eigenvalue weighted by atomic mass is 9.95. The molecule has 1 aliphatic heterocycles. The Morgan fingerprint density at radius 1 is 1.40 bits per heavy atom. The van der Waals surface area contributed by atoms with Crippen LogP contribution >= 0.6 is 0 Å². The van der Waals surface area contributed by atoms with E-state index in [9.17, 15) is 4.79 Å². The van der Waals surface area contributed by atoms with Crippen molar-refractivity contribution in [3.8, 4) is 5.75 Å². The Balaban J connectivity index is 2.22. The molecule has 0 amide bonds. The molecule has 0 spiro atoms. The fourth-order valence-corrected chi connectivity index (χ4v) is 1.93. The van der Waals surface area contributed by atoms with E-state index >= 15 is 0 Å². The van der Waals surface area contributed by atoms with Gasteiger partial charge in [-0.3, -0.25) is 4.79 Å². The summed E-state index contributed by atoms with van der Waals surface area (Å²) in [4.78, 5) is 13.3. The van der Waals surface area contributed by atoms with Gasteiger partial charge in [-0.05, 0) is 12.1 Å². The molecule has 3 nitrogen and oxygen atoms in total. The lowest BCUT2D eigenvalue weighted by Gasteiger charge is -2.24. The maximum absolute atomic E-state index is 12.1. The lowest BCUT2D eigenvalue weighted by molar-refractivity contribution is -0.860. The number of hydrogen-bond donors (Lipinski definition) is 1. The summed E-state index contributed by atoms with van der Waals surface area (Å²) in [6.45, 7) is 1.34. The van der Waals surface area contributed by atoms with E-state index in [1.807, 2.05) is 38.4 Å². The first kappa shape index (κ1) is 10.2. The number of Topliss-reactive ketones (excluding diaryl/α,β-unsaturated/α-hetero) is 1. The van der Waals surface area contributed by atoms with Gasteiger partial charge in [-0.1, -0.05) is 12.1 Å². The van der Waals surface area contributed by atoms with Crippen molar-refractivity contribution in [1.82, 2.24) is 0 Å². The molecule has 0 radical (unpaired) electrons. The van der Waals surface area contributed by atoms with Gasteiger partial charge in [0.2, 0.25) is 0 Å². The molecule has 1 aromatic rings. The SMILES string of the molecule is C[NH+](C)C[C@H]1COc2ccccc2C1=O. The van der Waals surface area contributed by atoms with Gasteiger partial charge >= 0.3 is 0 Å². The first-order chi connectivity index (χ1) is 7.18. The Morgan fingerprint density at radius 2 is 2.13 bits per heavy atom. The Bertz CT molecular complexity index is 374. The van der Waals surface area contributed by atoms with Crippen molar-refractivity contribution in [2.24, 2.45) is 5.92 Å². The standard InChI is InChI=1S/C12H15NO2/c1-13(2)7-9-8-15-11-6-4-3-5-10(11)12(9)14/h3-6,9H,7-8H2,1-2H3/p+1/t9-/m0/s1. The molecule has 0 aliphatic carbocycles. The van der Waals surface area contributed by atoms with Crippen LogP contribution in [0.25, 0.3) is 0 Å². The highest BCUT2D eigenvalue weighted by Gasteiger charge is 2.30. The van der Waals surface area contributed by atoms with Crippen molar-refractivity contribution in [3.63, 3.8) is 0 Å². The molecule has 0 bridgehead atoms. The molecule has 0 saturated heterocycles. The molecule has 0 unspecified atom stereocenters. The summed E-state index contributed by atoms with van der Waals surface area (Å²) in [6, 6.07) is 7.47. The molecule has 1 heterocycles. The van der Waals surface area contributed by atoms with Crippen molar-refractivity contribution < 1.29 is 14.4 Å². The van der Waals surface area contributed by atoms with Crippen LogP contribution in [0.3, 0.4) is 0 Å². The zero-order valence-corrected chi connectivity index (χ0v) is 9.12. The quantitative estimate of drug-likeness (QED) is 0.739. The summed E-state index contributed by atoms with van der Waals surface area (Å²) in [6.07, 6.45) is 0. The fraction of sp³-hybridized carbons (Fsp3) is 0.417. The Kier molecular flexibility index (Phi) is 2.73. The van der Waals surface area contributed by atoms with Crippen LogP contribution in [0.4, 0.5) is 0 Å². The zero-order valence-electron chi connectivity index (χ0n) is 9.12. The van der Waals surface area contributed by atoms with Gasteiger partial charge in [-0.2, -0.15) is 0 Å². The van der Waals surface area contributed by atoms with Crippen LogP contribution in [-0.2, 0) is 0 Å². The van der Waals surface area contributed by atoms with Gasteiger partial charge in [-0.25, -0.2) is 0 Å². The van der Waals surface area contributed by atoms with Gasteiger partial charge in [0.05, 0.1) is 26.2 Å². The van der Waals surface area contributed by atoms with Crippen molar-refractivity contribution in [3.05, 3.63) is 29.8 Å². The van der Waals surface area contributed by atoms with E-state index in [0.717, 1.165) is 17.9 Å². The van der Waals surface area contributed by atoms with E-state index in [0.29, 0.717) is 6.61 Å². The van der Waals surface area contributed by atoms with Crippen molar-refractivity contribution in [2.45, 2.75) is 0 Å². The third kappa shape index (κ3) is 2.02. The van der Waals surface area contributed by atoms with E-state index in [2.05, 4.69) is 0 Å². The molecule has 15 heavy (non-hydrogen) atoms. The molecule has 80 valence electrons. The number of benzene rings is 1. The van der Waals surface area contributed by atoms with E-state index < -0.39 is 0 Å². The van der Waals surface area contributed by atoms with Crippen molar-refractivity contribution >= 4 is 5.78 Å². The molecule has 0 saturated carbocycles. The predicted octanol–water partition coefficient (Wildman–Crippen LogP) is 0.0224. The van der Waals surface area contributed by atoms with Gasteiger partial charge < -0.3 is 9.64 Å². The van der Waals surface area contributed by atoms with Crippen LogP contribution in [0.5, 0.6) is 5.75 Å². The Morgan fingerprint density at radius 3 is 2.87 bits per heavy atom.